The number of carbonyl (C=O) groups excluding carboxylic acids is 2. The summed E-state index contributed by atoms with van der Waals surface area (Å²) in [6.07, 6.45) is 3.50. The van der Waals surface area contributed by atoms with Crippen molar-refractivity contribution in [2.45, 2.75) is 12.3 Å². The first kappa shape index (κ1) is 20.8. The van der Waals surface area contributed by atoms with Gasteiger partial charge in [0.05, 0.1) is 36.8 Å². The first-order valence-corrected chi connectivity index (χ1v) is 10.2. The quantitative estimate of drug-likeness (QED) is 0.431. The zero-order valence-electron chi connectivity index (χ0n) is 17.9. The molecule has 0 bridgehead atoms. The van der Waals surface area contributed by atoms with E-state index in [-0.39, 0.29) is 11.8 Å². The van der Waals surface area contributed by atoms with Gasteiger partial charge in [0.25, 0.3) is 0 Å². The molecule has 4 aromatic rings. The Morgan fingerprint density at radius 3 is 2.50 bits per heavy atom. The average Bonchev–Trinajstić information content (AvgIpc) is 3.51. The largest absolute Gasteiger partial charge is 0.326 e. The highest BCUT2D eigenvalue weighted by Gasteiger charge is 2.34. The number of aryl methyl sites for hydroxylation is 1. The molecule has 0 saturated heterocycles. The molecule has 0 saturated carbocycles. The van der Waals surface area contributed by atoms with Crippen LogP contribution in [0.2, 0.25) is 0 Å². The topological polar surface area (TPSA) is 111 Å². The van der Waals surface area contributed by atoms with Crippen molar-refractivity contribution >= 4 is 45.6 Å². The molecule has 2 N–H and O–H groups in total. The molecular weight excluding hydrogens is 432 g/mol. The molecule has 0 spiro atoms. The molecule has 2 aliphatic heterocycles. The van der Waals surface area contributed by atoms with E-state index >= 15 is 0 Å². The van der Waals surface area contributed by atoms with Crippen LogP contribution in [-0.2, 0) is 23.1 Å². The molecule has 2 aliphatic rings. The van der Waals surface area contributed by atoms with Crippen molar-refractivity contribution in [2.24, 2.45) is 7.05 Å². The molecule has 6 rings (SSSR count). The summed E-state index contributed by atoms with van der Waals surface area (Å²) < 4.78 is 1.64. The van der Waals surface area contributed by atoms with Crippen LogP contribution < -0.4 is 10.6 Å². The van der Waals surface area contributed by atoms with Crippen LogP contribution in [0.5, 0.6) is 0 Å². The summed E-state index contributed by atoms with van der Waals surface area (Å²) in [6, 6.07) is 10.4. The van der Waals surface area contributed by atoms with Crippen molar-refractivity contribution in [3.8, 4) is 0 Å². The van der Waals surface area contributed by atoms with Gasteiger partial charge in [0.1, 0.15) is 12.2 Å². The van der Waals surface area contributed by atoms with E-state index in [1.807, 2.05) is 0 Å². The van der Waals surface area contributed by atoms with Crippen LogP contribution in [0.4, 0.5) is 22.7 Å². The van der Waals surface area contributed by atoms with Gasteiger partial charge < -0.3 is 10.6 Å². The first-order chi connectivity index (χ1) is 16.5. The molecular formula is C24H16N8O2. The van der Waals surface area contributed by atoms with Gasteiger partial charge in [-0.3, -0.25) is 14.3 Å². The molecule has 0 radical (unpaired) electrons. The van der Waals surface area contributed by atoms with Gasteiger partial charge in [0.2, 0.25) is 11.8 Å². The molecule has 2 amide bonds. The van der Waals surface area contributed by atoms with Crippen LogP contribution in [-0.4, -0.2) is 31.6 Å². The molecule has 164 valence electrons. The second-order valence-electron chi connectivity index (χ2n) is 7.75. The van der Waals surface area contributed by atoms with Crippen molar-refractivity contribution in [3.63, 3.8) is 0 Å². The molecule has 2 aromatic heterocycles. The van der Waals surface area contributed by atoms with Crippen molar-refractivity contribution in [2.75, 3.05) is 10.6 Å². The zero-order valence-corrected chi connectivity index (χ0v) is 17.9. The minimum absolute atomic E-state index is 0.00660. The van der Waals surface area contributed by atoms with Crippen LogP contribution in [0.3, 0.4) is 0 Å². The van der Waals surface area contributed by atoms with Crippen LogP contribution >= 0.6 is 0 Å². The van der Waals surface area contributed by atoms with E-state index in [0.29, 0.717) is 29.1 Å². The fraction of sp³-hybridized carbons (Fsp3) is 0.125. The molecule has 10 heteroatoms. The zero-order chi connectivity index (χ0) is 23.8. The number of nitrogens with one attached hydrogen (secondary N) is 2. The molecule has 1 unspecified atom stereocenters. The Balaban J connectivity index is 0.000000169. The molecule has 0 aliphatic carbocycles. The third-order valence-electron chi connectivity index (χ3n) is 5.67. The number of carbonyl (C=O) groups is 2. The van der Waals surface area contributed by atoms with E-state index in [9.17, 15) is 9.59 Å². The maximum absolute atomic E-state index is 12.4. The van der Waals surface area contributed by atoms with Gasteiger partial charge in [-0.05, 0) is 23.3 Å². The Kier molecular flexibility index (Phi) is 4.96. The molecule has 10 nitrogen and oxygen atoms in total. The van der Waals surface area contributed by atoms with Gasteiger partial charge >= 0.3 is 0 Å². The van der Waals surface area contributed by atoms with E-state index in [2.05, 4.69) is 35.4 Å². The number of anilines is 2. The fourth-order valence-corrected chi connectivity index (χ4v) is 4.09. The Labute approximate surface area is 193 Å². The lowest BCUT2D eigenvalue weighted by atomic mass is 9.95. The van der Waals surface area contributed by atoms with E-state index in [4.69, 9.17) is 13.1 Å². The molecule has 0 fully saturated rings. The van der Waals surface area contributed by atoms with Gasteiger partial charge in [-0.2, -0.15) is 5.10 Å². The smallest absolute Gasteiger partial charge is 0.238 e. The number of aromatic nitrogens is 4. The predicted octanol–water partition coefficient (Wildman–Crippen LogP) is 3.73. The lowest BCUT2D eigenvalue weighted by Gasteiger charge is -2.09. The first-order valence-electron chi connectivity index (χ1n) is 10.2. The standard InChI is InChI=1S/C15H10N6O.C9H6N2O/c1-16-8-3-4-11-9(5-8)12(15(22)20-11)13-10-6-19-21(2)14(10)18-7-17-13;1-10-7-2-3-8-6(4-7)5-9(12)11-8/h3-7,12H,2H3,(H,20,22);2-4H,5H2,(H,11,12). The number of hydrogen-bond donors (Lipinski definition) is 2. The van der Waals surface area contributed by atoms with E-state index in [1.54, 1.807) is 54.3 Å². The lowest BCUT2D eigenvalue weighted by Crippen LogP contribution is -2.15. The summed E-state index contributed by atoms with van der Waals surface area (Å²) >= 11 is 0. The van der Waals surface area contributed by atoms with E-state index < -0.39 is 5.92 Å². The monoisotopic (exact) mass is 448 g/mol. The van der Waals surface area contributed by atoms with E-state index in [1.165, 1.54) is 6.33 Å². The average molecular weight is 448 g/mol. The number of hydrogen-bond acceptors (Lipinski definition) is 5. The van der Waals surface area contributed by atoms with Crippen molar-refractivity contribution in [3.05, 3.63) is 88.6 Å². The van der Waals surface area contributed by atoms with Gasteiger partial charge in [0, 0.05) is 18.4 Å². The maximum atomic E-state index is 12.4. The maximum Gasteiger partial charge on any atom is 0.238 e. The number of amides is 2. The Hall–Kier alpha value is -5.09. The number of nitrogens with zero attached hydrogens (tertiary/aromatic N) is 6. The SMILES string of the molecule is [C-]#[N+]c1ccc2c(c1)C(c1ncnc3c1cnn3C)C(=O)N2.[C-]#[N+]c1ccc2c(c1)CC(=O)N2. The minimum atomic E-state index is -0.550. The van der Waals surface area contributed by atoms with Gasteiger partial charge in [-0.25, -0.2) is 19.7 Å². The normalized spacial score (nSPS) is 15.3. The Morgan fingerprint density at radius 2 is 1.74 bits per heavy atom. The van der Waals surface area contributed by atoms with Gasteiger partial charge in [-0.1, -0.05) is 24.3 Å². The van der Waals surface area contributed by atoms with Crippen LogP contribution in [0.15, 0.2) is 48.9 Å². The second kappa shape index (κ2) is 8.11. The molecule has 2 aromatic carbocycles. The summed E-state index contributed by atoms with van der Waals surface area (Å²) in [5.41, 5.74) is 5.62. The highest BCUT2D eigenvalue weighted by atomic mass is 16.2. The summed E-state index contributed by atoms with van der Waals surface area (Å²) in [6.45, 7) is 13.9. The molecule has 34 heavy (non-hydrogen) atoms. The summed E-state index contributed by atoms with van der Waals surface area (Å²) in [5, 5.41) is 10.5. The van der Waals surface area contributed by atoms with Crippen molar-refractivity contribution in [1.82, 2.24) is 19.7 Å². The summed E-state index contributed by atoms with van der Waals surface area (Å²) in [5.74, 6) is -0.695. The Morgan fingerprint density at radius 1 is 1.00 bits per heavy atom. The predicted molar refractivity (Wildman–Crippen MR) is 125 cm³/mol. The summed E-state index contributed by atoms with van der Waals surface area (Å²) in [7, 11) is 1.79. The van der Waals surface area contributed by atoms with Crippen molar-refractivity contribution < 1.29 is 9.59 Å². The Bertz CT molecular complexity index is 1570. The number of benzene rings is 2. The number of fused-ring (bicyclic) bond motifs is 3. The second-order valence-corrected chi connectivity index (χ2v) is 7.75. The number of rotatable bonds is 1. The highest BCUT2D eigenvalue weighted by Crippen LogP contribution is 2.40. The highest BCUT2D eigenvalue weighted by molar-refractivity contribution is 6.07. The molecule has 1 atom stereocenters. The minimum Gasteiger partial charge on any atom is -0.326 e. The molecule has 4 heterocycles. The lowest BCUT2D eigenvalue weighted by molar-refractivity contribution is -0.116. The third-order valence-corrected chi connectivity index (χ3v) is 5.67. The van der Waals surface area contributed by atoms with E-state index in [0.717, 1.165) is 27.9 Å². The van der Waals surface area contributed by atoms with Gasteiger partial charge in [0.15, 0.2) is 17.0 Å². The van der Waals surface area contributed by atoms with Crippen LogP contribution in [0.25, 0.3) is 20.7 Å². The van der Waals surface area contributed by atoms with Crippen LogP contribution in [0, 0.1) is 13.1 Å². The third kappa shape index (κ3) is 3.49. The van der Waals surface area contributed by atoms with Crippen LogP contribution in [0.1, 0.15) is 22.7 Å². The fourth-order valence-electron chi connectivity index (χ4n) is 4.09. The van der Waals surface area contributed by atoms with Gasteiger partial charge in [-0.15, -0.1) is 0 Å². The summed E-state index contributed by atoms with van der Waals surface area (Å²) in [4.78, 5) is 38.5. The van der Waals surface area contributed by atoms with Crippen molar-refractivity contribution in [1.29, 1.82) is 0 Å².